The third-order valence-corrected chi connectivity index (χ3v) is 5.02. The van der Waals surface area contributed by atoms with Crippen molar-refractivity contribution in [3.8, 4) is 0 Å². The van der Waals surface area contributed by atoms with Crippen LogP contribution in [0.2, 0.25) is 0 Å². The average Bonchev–Trinajstić information content (AvgIpc) is 3.31. The molecule has 0 amide bonds. The molecule has 0 spiro atoms. The molecular formula is C15H18FN3S. The molecule has 3 nitrogen and oxygen atoms in total. The van der Waals surface area contributed by atoms with Crippen molar-refractivity contribution in [2.45, 2.75) is 37.0 Å². The van der Waals surface area contributed by atoms with Crippen LogP contribution in [0.3, 0.4) is 0 Å². The number of amidine groups is 1. The van der Waals surface area contributed by atoms with Crippen LogP contribution >= 0.6 is 11.9 Å². The quantitative estimate of drug-likeness (QED) is 0.838. The maximum atomic E-state index is 13.9. The first kappa shape index (κ1) is 12.5. The van der Waals surface area contributed by atoms with Crippen molar-refractivity contribution in [1.82, 2.24) is 4.72 Å². The number of nitrogens with one attached hydrogen (secondary N) is 1. The molecule has 2 heterocycles. The Bertz CT molecular complexity index is 562. The van der Waals surface area contributed by atoms with E-state index in [1.165, 1.54) is 44.1 Å². The average molecular weight is 291 g/mol. The highest BCUT2D eigenvalue weighted by Crippen LogP contribution is 2.44. The third kappa shape index (κ3) is 2.28. The highest BCUT2D eigenvalue weighted by Gasteiger charge is 2.31. The monoisotopic (exact) mass is 291 g/mol. The molecule has 0 bridgehead atoms. The molecule has 0 atom stereocenters. The van der Waals surface area contributed by atoms with E-state index in [2.05, 4.69) is 9.62 Å². The molecule has 5 heteroatoms. The van der Waals surface area contributed by atoms with Crippen molar-refractivity contribution >= 4 is 29.2 Å². The molecule has 4 rings (SSSR count). The smallest absolute Gasteiger partial charge is 0.126 e. The number of halogens is 1. The molecular weight excluding hydrogens is 273 g/mol. The molecule has 0 aromatic heterocycles. The van der Waals surface area contributed by atoms with Gasteiger partial charge in [-0.05, 0) is 56.2 Å². The second-order valence-corrected chi connectivity index (χ2v) is 6.64. The number of benzene rings is 1. The zero-order valence-corrected chi connectivity index (χ0v) is 12.2. The second kappa shape index (κ2) is 4.95. The van der Waals surface area contributed by atoms with E-state index in [1.807, 2.05) is 0 Å². The van der Waals surface area contributed by atoms with Gasteiger partial charge in [0.2, 0.25) is 0 Å². The summed E-state index contributed by atoms with van der Waals surface area (Å²) >= 11 is 1.51. The number of nitrogens with zero attached hydrogens (tertiary/aromatic N) is 2. The molecule has 1 aliphatic carbocycles. The standard InChI is InChI=1S/C15H18FN3S/c16-11-8-12(19-6-2-1-3-7-19)14-13(9-11)20-18-15(17-14)10-4-5-10/h8-10H,1-7H2,(H,17,18). The Morgan fingerprint density at radius 2 is 2.00 bits per heavy atom. The topological polar surface area (TPSA) is 27.6 Å². The maximum Gasteiger partial charge on any atom is 0.126 e. The van der Waals surface area contributed by atoms with Gasteiger partial charge in [0.1, 0.15) is 17.3 Å². The summed E-state index contributed by atoms with van der Waals surface area (Å²) in [5.74, 6) is 1.51. The first-order valence-corrected chi connectivity index (χ1v) is 8.23. The zero-order chi connectivity index (χ0) is 13.5. The molecule has 3 aliphatic rings. The number of rotatable bonds is 2. The summed E-state index contributed by atoms with van der Waals surface area (Å²) in [4.78, 5) is 8.01. The van der Waals surface area contributed by atoms with E-state index in [-0.39, 0.29) is 5.82 Å². The predicted octanol–water partition coefficient (Wildman–Crippen LogP) is 3.87. The second-order valence-electron chi connectivity index (χ2n) is 5.79. The molecule has 2 fully saturated rings. The third-order valence-electron chi connectivity index (χ3n) is 4.18. The van der Waals surface area contributed by atoms with Gasteiger partial charge in [0.15, 0.2) is 0 Å². The minimum atomic E-state index is -0.163. The Balaban J connectivity index is 1.76. The van der Waals surface area contributed by atoms with Crippen LogP contribution in [0.5, 0.6) is 0 Å². The van der Waals surface area contributed by atoms with Crippen molar-refractivity contribution in [2.24, 2.45) is 10.9 Å². The number of fused-ring (bicyclic) bond motifs is 1. The lowest BCUT2D eigenvalue weighted by Gasteiger charge is -2.31. The van der Waals surface area contributed by atoms with Crippen molar-refractivity contribution in [1.29, 1.82) is 0 Å². The van der Waals surface area contributed by atoms with Gasteiger partial charge in [-0.2, -0.15) is 0 Å². The summed E-state index contributed by atoms with van der Waals surface area (Å²) in [5.41, 5.74) is 1.95. The Labute approximate surface area is 122 Å². The summed E-state index contributed by atoms with van der Waals surface area (Å²) in [7, 11) is 0. The van der Waals surface area contributed by atoms with Crippen LogP contribution in [0.15, 0.2) is 22.0 Å². The molecule has 1 aromatic carbocycles. The lowest BCUT2D eigenvalue weighted by Crippen LogP contribution is -2.30. The van der Waals surface area contributed by atoms with E-state index in [0.717, 1.165) is 35.2 Å². The van der Waals surface area contributed by atoms with Gasteiger partial charge in [0.05, 0.1) is 10.6 Å². The van der Waals surface area contributed by atoms with Gasteiger partial charge in [0.25, 0.3) is 0 Å². The fourth-order valence-corrected chi connectivity index (χ4v) is 3.75. The van der Waals surface area contributed by atoms with Crippen molar-refractivity contribution in [2.75, 3.05) is 18.0 Å². The van der Waals surface area contributed by atoms with Crippen molar-refractivity contribution in [3.63, 3.8) is 0 Å². The van der Waals surface area contributed by atoms with Gasteiger partial charge in [-0.25, -0.2) is 9.38 Å². The Morgan fingerprint density at radius 1 is 1.20 bits per heavy atom. The number of hydrogen-bond acceptors (Lipinski definition) is 4. The van der Waals surface area contributed by atoms with Crippen LogP contribution < -0.4 is 9.62 Å². The van der Waals surface area contributed by atoms with E-state index < -0.39 is 0 Å². The minimum absolute atomic E-state index is 0.163. The van der Waals surface area contributed by atoms with E-state index >= 15 is 0 Å². The summed E-state index contributed by atoms with van der Waals surface area (Å²) in [5, 5.41) is 0. The normalized spacial score (nSPS) is 22.1. The Morgan fingerprint density at radius 3 is 2.75 bits per heavy atom. The molecule has 0 unspecified atom stereocenters. The summed E-state index contributed by atoms with van der Waals surface area (Å²) in [6.45, 7) is 2.03. The fourth-order valence-electron chi connectivity index (χ4n) is 2.91. The summed E-state index contributed by atoms with van der Waals surface area (Å²) in [6, 6.07) is 3.25. The van der Waals surface area contributed by atoms with Crippen LogP contribution in [0.1, 0.15) is 32.1 Å². The van der Waals surface area contributed by atoms with Gasteiger partial charge in [-0.15, -0.1) is 0 Å². The van der Waals surface area contributed by atoms with Crippen LogP contribution in [0, 0.1) is 11.7 Å². The summed E-state index contributed by atoms with van der Waals surface area (Å²) < 4.78 is 17.1. The molecule has 106 valence electrons. The van der Waals surface area contributed by atoms with Gasteiger partial charge < -0.3 is 9.62 Å². The maximum absolute atomic E-state index is 13.9. The lowest BCUT2D eigenvalue weighted by molar-refractivity contribution is 0.573. The van der Waals surface area contributed by atoms with Crippen LogP contribution in [0.25, 0.3) is 0 Å². The molecule has 1 aromatic rings. The van der Waals surface area contributed by atoms with Gasteiger partial charge >= 0.3 is 0 Å². The molecule has 0 radical (unpaired) electrons. The number of piperidine rings is 1. The largest absolute Gasteiger partial charge is 0.370 e. The predicted molar refractivity (Wildman–Crippen MR) is 81.3 cm³/mol. The van der Waals surface area contributed by atoms with E-state index in [4.69, 9.17) is 4.99 Å². The Hall–Kier alpha value is -1.23. The molecule has 1 saturated carbocycles. The van der Waals surface area contributed by atoms with Gasteiger partial charge in [-0.1, -0.05) is 0 Å². The van der Waals surface area contributed by atoms with E-state index in [1.54, 1.807) is 12.1 Å². The van der Waals surface area contributed by atoms with Crippen molar-refractivity contribution < 1.29 is 4.39 Å². The molecule has 1 N–H and O–H groups in total. The lowest BCUT2D eigenvalue weighted by atomic mass is 10.1. The number of hydrogen-bond donors (Lipinski definition) is 1. The van der Waals surface area contributed by atoms with E-state index in [9.17, 15) is 4.39 Å². The minimum Gasteiger partial charge on any atom is -0.370 e. The fraction of sp³-hybridized carbons (Fsp3) is 0.533. The first-order valence-electron chi connectivity index (χ1n) is 7.41. The SMILES string of the molecule is Fc1cc2c(c(N3CCCCC3)c1)N=C(C1CC1)NS2. The highest BCUT2D eigenvalue weighted by atomic mass is 32.2. The van der Waals surface area contributed by atoms with Crippen molar-refractivity contribution in [3.05, 3.63) is 17.9 Å². The van der Waals surface area contributed by atoms with E-state index in [0.29, 0.717) is 5.92 Å². The van der Waals surface area contributed by atoms with Crippen LogP contribution in [-0.4, -0.2) is 18.9 Å². The molecule has 20 heavy (non-hydrogen) atoms. The number of anilines is 1. The number of aliphatic imine (C=N–C) groups is 1. The van der Waals surface area contributed by atoms with Gasteiger partial charge in [0, 0.05) is 19.0 Å². The van der Waals surface area contributed by atoms with Crippen LogP contribution in [0.4, 0.5) is 15.8 Å². The molecule has 2 aliphatic heterocycles. The molecule has 1 saturated heterocycles. The Kier molecular flexibility index (Phi) is 3.10. The zero-order valence-electron chi connectivity index (χ0n) is 11.4. The summed E-state index contributed by atoms with van der Waals surface area (Å²) in [6.07, 6.45) is 6.11. The van der Waals surface area contributed by atoms with Crippen LogP contribution in [-0.2, 0) is 0 Å². The van der Waals surface area contributed by atoms with Gasteiger partial charge in [-0.3, -0.25) is 0 Å². The first-order chi connectivity index (χ1) is 9.81. The highest BCUT2D eigenvalue weighted by molar-refractivity contribution is 7.98.